The van der Waals surface area contributed by atoms with Gasteiger partial charge in [-0.05, 0) is 17.7 Å². The van der Waals surface area contributed by atoms with Crippen LogP contribution in [0.2, 0.25) is 0 Å². The van der Waals surface area contributed by atoms with Gasteiger partial charge in [0, 0.05) is 11.8 Å². The van der Waals surface area contributed by atoms with E-state index in [0.29, 0.717) is 5.69 Å². The lowest BCUT2D eigenvalue weighted by molar-refractivity contribution is -0.134. The summed E-state index contributed by atoms with van der Waals surface area (Å²) >= 11 is 0. The number of rotatable bonds is 2. The fourth-order valence-corrected chi connectivity index (χ4v) is 0.889. The Balaban J connectivity index is 2.80. The first kappa shape index (κ1) is 9.32. The standard InChI is InChI=1S/C10H11NO2/c1-13-10(12)7-6-8-4-2-3-5-9(8)11/h2-7H,11H2,1H3/b7-6-. The number of nitrogen functional groups attached to an aromatic ring is 1. The van der Waals surface area contributed by atoms with E-state index in [0.717, 1.165) is 5.56 Å². The third-order valence-corrected chi connectivity index (χ3v) is 1.60. The highest BCUT2D eigenvalue weighted by Crippen LogP contribution is 2.11. The summed E-state index contributed by atoms with van der Waals surface area (Å²) in [5.41, 5.74) is 7.10. The fourth-order valence-electron chi connectivity index (χ4n) is 0.889. The molecular weight excluding hydrogens is 166 g/mol. The van der Waals surface area contributed by atoms with E-state index in [1.807, 2.05) is 18.2 Å². The fraction of sp³-hybridized carbons (Fsp3) is 0.100. The van der Waals surface area contributed by atoms with Crippen LogP contribution in [0.3, 0.4) is 0 Å². The largest absolute Gasteiger partial charge is 0.466 e. The zero-order chi connectivity index (χ0) is 9.68. The van der Waals surface area contributed by atoms with Gasteiger partial charge in [0.2, 0.25) is 0 Å². The van der Waals surface area contributed by atoms with Gasteiger partial charge in [0.15, 0.2) is 0 Å². The Kier molecular flexibility index (Phi) is 3.09. The molecule has 3 heteroatoms. The average Bonchev–Trinajstić information content (AvgIpc) is 2.16. The van der Waals surface area contributed by atoms with Crippen molar-refractivity contribution in [2.24, 2.45) is 0 Å². The third kappa shape index (κ3) is 2.63. The second-order valence-electron chi connectivity index (χ2n) is 2.49. The van der Waals surface area contributed by atoms with E-state index in [1.165, 1.54) is 13.2 Å². The van der Waals surface area contributed by atoms with Crippen LogP contribution in [-0.2, 0) is 9.53 Å². The monoisotopic (exact) mass is 177 g/mol. The molecule has 1 aromatic rings. The number of carbonyl (C=O) groups is 1. The van der Waals surface area contributed by atoms with Crippen molar-refractivity contribution in [2.45, 2.75) is 0 Å². The van der Waals surface area contributed by atoms with Gasteiger partial charge in [0.05, 0.1) is 7.11 Å². The van der Waals surface area contributed by atoms with Crippen molar-refractivity contribution < 1.29 is 9.53 Å². The molecule has 0 aliphatic carbocycles. The lowest BCUT2D eigenvalue weighted by Crippen LogP contribution is -1.94. The van der Waals surface area contributed by atoms with E-state index in [1.54, 1.807) is 12.1 Å². The highest BCUT2D eigenvalue weighted by molar-refractivity contribution is 5.88. The van der Waals surface area contributed by atoms with Crippen LogP contribution in [-0.4, -0.2) is 13.1 Å². The lowest BCUT2D eigenvalue weighted by atomic mass is 10.2. The normalized spacial score (nSPS) is 10.2. The number of para-hydroxylation sites is 1. The Bertz CT molecular complexity index is 331. The first-order valence-corrected chi connectivity index (χ1v) is 3.84. The van der Waals surface area contributed by atoms with Gasteiger partial charge >= 0.3 is 5.97 Å². The minimum Gasteiger partial charge on any atom is -0.466 e. The summed E-state index contributed by atoms with van der Waals surface area (Å²) in [6.45, 7) is 0. The highest BCUT2D eigenvalue weighted by atomic mass is 16.5. The van der Waals surface area contributed by atoms with Crippen molar-refractivity contribution in [1.29, 1.82) is 0 Å². The summed E-state index contributed by atoms with van der Waals surface area (Å²) in [7, 11) is 1.33. The first-order valence-electron chi connectivity index (χ1n) is 3.84. The van der Waals surface area contributed by atoms with Gasteiger partial charge in [-0.25, -0.2) is 4.79 Å². The van der Waals surface area contributed by atoms with E-state index in [4.69, 9.17) is 5.73 Å². The number of esters is 1. The minimum absolute atomic E-state index is 0.386. The molecule has 0 aromatic heterocycles. The van der Waals surface area contributed by atoms with Crippen molar-refractivity contribution in [3.8, 4) is 0 Å². The summed E-state index contributed by atoms with van der Waals surface area (Å²) in [4.78, 5) is 10.7. The lowest BCUT2D eigenvalue weighted by Gasteiger charge is -1.97. The predicted octanol–water partition coefficient (Wildman–Crippen LogP) is 1.45. The molecule has 0 saturated carbocycles. The van der Waals surface area contributed by atoms with Crippen molar-refractivity contribution in [2.75, 3.05) is 12.8 Å². The summed E-state index contributed by atoms with van der Waals surface area (Å²) in [6.07, 6.45) is 2.97. The molecule has 0 spiro atoms. The number of benzene rings is 1. The topological polar surface area (TPSA) is 52.3 Å². The van der Waals surface area contributed by atoms with E-state index in [-0.39, 0.29) is 5.97 Å². The maximum Gasteiger partial charge on any atom is 0.330 e. The molecule has 0 amide bonds. The Morgan fingerprint density at radius 2 is 2.15 bits per heavy atom. The van der Waals surface area contributed by atoms with Gasteiger partial charge in [0.1, 0.15) is 0 Å². The predicted molar refractivity (Wildman–Crippen MR) is 51.9 cm³/mol. The highest BCUT2D eigenvalue weighted by Gasteiger charge is 1.94. The van der Waals surface area contributed by atoms with Crippen LogP contribution in [0.5, 0.6) is 0 Å². The first-order chi connectivity index (χ1) is 6.24. The molecule has 0 bridgehead atoms. The summed E-state index contributed by atoms with van der Waals surface area (Å²) < 4.78 is 4.45. The number of nitrogens with two attached hydrogens (primary N) is 1. The van der Waals surface area contributed by atoms with Crippen molar-refractivity contribution >= 4 is 17.7 Å². The molecule has 1 rings (SSSR count). The molecule has 2 N–H and O–H groups in total. The SMILES string of the molecule is COC(=O)/C=C\c1ccccc1N. The second-order valence-corrected chi connectivity index (χ2v) is 2.49. The van der Waals surface area contributed by atoms with Crippen molar-refractivity contribution in [1.82, 2.24) is 0 Å². The Hall–Kier alpha value is -1.77. The van der Waals surface area contributed by atoms with Gasteiger partial charge in [-0.2, -0.15) is 0 Å². The molecule has 1 aromatic carbocycles. The molecule has 68 valence electrons. The molecule has 0 aliphatic rings. The van der Waals surface area contributed by atoms with Gasteiger partial charge in [0.25, 0.3) is 0 Å². The van der Waals surface area contributed by atoms with Crippen molar-refractivity contribution in [3.63, 3.8) is 0 Å². The minimum atomic E-state index is -0.386. The van der Waals surface area contributed by atoms with Crippen LogP contribution in [0.1, 0.15) is 5.56 Å². The summed E-state index contributed by atoms with van der Waals surface area (Å²) in [6, 6.07) is 7.30. The molecule has 0 atom stereocenters. The molecule has 0 heterocycles. The van der Waals surface area contributed by atoms with Crippen molar-refractivity contribution in [3.05, 3.63) is 35.9 Å². The zero-order valence-corrected chi connectivity index (χ0v) is 7.36. The molecule has 13 heavy (non-hydrogen) atoms. The van der Waals surface area contributed by atoms with E-state index in [9.17, 15) is 4.79 Å². The Morgan fingerprint density at radius 3 is 2.77 bits per heavy atom. The second kappa shape index (κ2) is 4.30. The number of carbonyl (C=O) groups excluding carboxylic acids is 1. The number of ether oxygens (including phenoxy) is 1. The molecule has 0 fully saturated rings. The third-order valence-electron chi connectivity index (χ3n) is 1.60. The van der Waals surface area contributed by atoms with Crippen LogP contribution < -0.4 is 5.73 Å². The summed E-state index contributed by atoms with van der Waals surface area (Å²) in [5, 5.41) is 0. The van der Waals surface area contributed by atoms with Gasteiger partial charge in [-0.1, -0.05) is 18.2 Å². The van der Waals surface area contributed by atoms with Crippen LogP contribution in [0.15, 0.2) is 30.3 Å². The molecular formula is C10H11NO2. The number of anilines is 1. The van der Waals surface area contributed by atoms with E-state index in [2.05, 4.69) is 4.74 Å². The number of hydrogen-bond donors (Lipinski definition) is 1. The van der Waals surface area contributed by atoms with Gasteiger partial charge in [-0.3, -0.25) is 0 Å². The maximum atomic E-state index is 10.7. The molecule has 0 unspecified atom stereocenters. The van der Waals surface area contributed by atoms with E-state index < -0.39 is 0 Å². The number of hydrogen-bond acceptors (Lipinski definition) is 3. The van der Waals surface area contributed by atoms with E-state index >= 15 is 0 Å². The van der Waals surface area contributed by atoms with Crippen LogP contribution >= 0.6 is 0 Å². The quantitative estimate of drug-likeness (QED) is 0.422. The van der Waals surface area contributed by atoms with Crippen LogP contribution in [0.4, 0.5) is 5.69 Å². The van der Waals surface area contributed by atoms with Gasteiger partial charge < -0.3 is 10.5 Å². The van der Waals surface area contributed by atoms with Crippen LogP contribution in [0.25, 0.3) is 6.08 Å². The molecule has 0 radical (unpaired) electrons. The number of methoxy groups -OCH3 is 1. The Labute approximate surface area is 76.8 Å². The molecule has 3 nitrogen and oxygen atoms in total. The average molecular weight is 177 g/mol. The Morgan fingerprint density at radius 1 is 1.46 bits per heavy atom. The smallest absolute Gasteiger partial charge is 0.330 e. The maximum absolute atomic E-state index is 10.7. The van der Waals surface area contributed by atoms with Crippen LogP contribution in [0, 0.1) is 0 Å². The molecule has 0 saturated heterocycles. The summed E-state index contributed by atoms with van der Waals surface area (Å²) in [5.74, 6) is -0.386. The van der Waals surface area contributed by atoms with Gasteiger partial charge in [-0.15, -0.1) is 0 Å². The molecule has 0 aliphatic heterocycles. The zero-order valence-electron chi connectivity index (χ0n) is 7.36.